The van der Waals surface area contributed by atoms with Gasteiger partial charge in [-0.25, -0.2) is 0 Å². The zero-order valence-electron chi connectivity index (χ0n) is 13.9. The van der Waals surface area contributed by atoms with E-state index in [2.05, 4.69) is 5.10 Å². The minimum absolute atomic E-state index is 0.0781. The van der Waals surface area contributed by atoms with Crippen molar-refractivity contribution in [1.82, 2.24) is 9.78 Å². The summed E-state index contributed by atoms with van der Waals surface area (Å²) in [7, 11) is 1.60. The molecule has 2 rings (SSSR count). The van der Waals surface area contributed by atoms with Crippen LogP contribution in [-0.2, 0) is 0 Å². The molecule has 0 radical (unpaired) electrons. The first-order valence-corrected chi connectivity index (χ1v) is 7.62. The second kappa shape index (κ2) is 7.63. The Morgan fingerprint density at radius 1 is 1.35 bits per heavy atom. The average molecular weight is 314 g/mol. The lowest BCUT2D eigenvalue weighted by atomic mass is 10.1. The summed E-state index contributed by atoms with van der Waals surface area (Å²) in [6.07, 6.45) is 6.65. The maximum atomic E-state index is 12.2. The topological polar surface area (TPSA) is 53.3 Å². The quantitative estimate of drug-likeness (QED) is 0.576. The van der Waals surface area contributed by atoms with E-state index >= 15 is 0 Å². The molecule has 0 amide bonds. The Bertz CT molecular complexity index is 702. The number of rotatable bonds is 7. The third kappa shape index (κ3) is 4.22. The number of methoxy groups -OCH3 is 1. The first-order valence-electron chi connectivity index (χ1n) is 7.62. The van der Waals surface area contributed by atoms with Gasteiger partial charge in [0.05, 0.1) is 25.5 Å². The Labute approximate surface area is 136 Å². The SMILES string of the molecule is CCOc1cc(/C=C/C(=O)c2cnn(C(C)C)c2)ccc1OC. The molecule has 0 aliphatic rings. The van der Waals surface area contributed by atoms with Crippen LogP contribution in [0, 0.1) is 0 Å². The van der Waals surface area contributed by atoms with Crippen LogP contribution in [-0.4, -0.2) is 29.3 Å². The van der Waals surface area contributed by atoms with E-state index in [1.165, 1.54) is 0 Å². The van der Waals surface area contributed by atoms with Crippen LogP contribution in [0.2, 0.25) is 0 Å². The van der Waals surface area contributed by atoms with Gasteiger partial charge in [-0.3, -0.25) is 9.48 Å². The highest BCUT2D eigenvalue weighted by Crippen LogP contribution is 2.28. The Balaban J connectivity index is 2.15. The first-order chi connectivity index (χ1) is 11.0. The molecule has 0 saturated carbocycles. The van der Waals surface area contributed by atoms with Crippen LogP contribution < -0.4 is 9.47 Å². The molecule has 122 valence electrons. The summed E-state index contributed by atoms with van der Waals surface area (Å²) in [6, 6.07) is 5.79. The van der Waals surface area contributed by atoms with Crippen molar-refractivity contribution in [3.8, 4) is 11.5 Å². The average Bonchev–Trinajstić information content (AvgIpc) is 3.03. The lowest BCUT2D eigenvalue weighted by molar-refractivity contribution is 0.104. The summed E-state index contributed by atoms with van der Waals surface area (Å²) >= 11 is 0. The number of ketones is 1. The van der Waals surface area contributed by atoms with E-state index in [0.717, 1.165) is 5.56 Å². The van der Waals surface area contributed by atoms with Gasteiger partial charge in [-0.05, 0) is 44.5 Å². The van der Waals surface area contributed by atoms with Crippen LogP contribution in [0.1, 0.15) is 42.7 Å². The van der Waals surface area contributed by atoms with Crippen LogP contribution in [0.5, 0.6) is 11.5 Å². The minimum atomic E-state index is -0.0781. The second-order valence-electron chi connectivity index (χ2n) is 5.34. The molecule has 0 unspecified atom stereocenters. The number of carbonyl (C=O) groups excluding carboxylic acids is 1. The van der Waals surface area contributed by atoms with E-state index in [-0.39, 0.29) is 11.8 Å². The molecule has 0 atom stereocenters. The van der Waals surface area contributed by atoms with Crippen molar-refractivity contribution in [2.24, 2.45) is 0 Å². The highest BCUT2D eigenvalue weighted by atomic mass is 16.5. The minimum Gasteiger partial charge on any atom is -0.493 e. The van der Waals surface area contributed by atoms with Gasteiger partial charge in [0, 0.05) is 12.2 Å². The van der Waals surface area contributed by atoms with Crippen LogP contribution in [0.15, 0.2) is 36.7 Å². The molecular formula is C18H22N2O3. The van der Waals surface area contributed by atoms with Gasteiger partial charge >= 0.3 is 0 Å². The number of nitrogens with zero attached hydrogens (tertiary/aromatic N) is 2. The predicted molar refractivity (Wildman–Crippen MR) is 90.1 cm³/mol. The molecule has 1 aromatic carbocycles. The number of carbonyl (C=O) groups is 1. The van der Waals surface area contributed by atoms with E-state index in [9.17, 15) is 4.79 Å². The lowest BCUT2D eigenvalue weighted by Gasteiger charge is -2.09. The number of allylic oxidation sites excluding steroid dienone is 1. The highest BCUT2D eigenvalue weighted by Gasteiger charge is 2.08. The first kappa shape index (κ1) is 16.8. The third-order valence-electron chi connectivity index (χ3n) is 3.33. The van der Waals surface area contributed by atoms with Crippen LogP contribution in [0.4, 0.5) is 0 Å². The molecule has 0 saturated heterocycles. The number of hydrogen-bond donors (Lipinski definition) is 0. The molecule has 0 aliphatic carbocycles. The lowest BCUT2D eigenvalue weighted by Crippen LogP contribution is -2.00. The molecule has 1 aromatic heterocycles. The Hall–Kier alpha value is -2.56. The Morgan fingerprint density at radius 2 is 2.13 bits per heavy atom. The Kier molecular flexibility index (Phi) is 5.57. The molecule has 23 heavy (non-hydrogen) atoms. The van der Waals surface area contributed by atoms with Gasteiger partial charge in [0.25, 0.3) is 0 Å². The molecule has 0 bridgehead atoms. The van der Waals surface area contributed by atoms with E-state index in [0.29, 0.717) is 23.7 Å². The number of aromatic nitrogens is 2. The fourth-order valence-electron chi connectivity index (χ4n) is 2.08. The molecule has 1 heterocycles. The molecule has 2 aromatic rings. The van der Waals surface area contributed by atoms with Gasteiger partial charge in [0.15, 0.2) is 17.3 Å². The normalized spacial score (nSPS) is 11.2. The van der Waals surface area contributed by atoms with Gasteiger partial charge < -0.3 is 9.47 Å². The van der Waals surface area contributed by atoms with Gasteiger partial charge in [0.2, 0.25) is 0 Å². The number of ether oxygens (including phenoxy) is 2. The summed E-state index contributed by atoms with van der Waals surface area (Å²) in [5, 5.41) is 4.18. The van der Waals surface area contributed by atoms with Crippen LogP contribution in [0.3, 0.4) is 0 Å². The number of benzene rings is 1. The van der Waals surface area contributed by atoms with Crippen molar-refractivity contribution in [3.63, 3.8) is 0 Å². The van der Waals surface area contributed by atoms with Gasteiger partial charge in [-0.1, -0.05) is 12.1 Å². The third-order valence-corrected chi connectivity index (χ3v) is 3.33. The zero-order chi connectivity index (χ0) is 16.8. The molecule has 5 heteroatoms. The second-order valence-corrected chi connectivity index (χ2v) is 5.34. The molecule has 5 nitrogen and oxygen atoms in total. The monoisotopic (exact) mass is 314 g/mol. The van der Waals surface area contributed by atoms with Gasteiger partial charge in [-0.15, -0.1) is 0 Å². The maximum Gasteiger partial charge on any atom is 0.189 e. The van der Waals surface area contributed by atoms with E-state index in [1.807, 2.05) is 39.0 Å². The number of hydrogen-bond acceptors (Lipinski definition) is 4. The summed E-state index contributed by atoms with van der Waals surface area (Å²) in [5.41, 5.74) is 1.45. The summed E-state index contributed by atoms with van der Waals surface area (Å²) < 4.78 is 12.5. The fourth-order valence-corrected chi connectivity index (χ4v) is 2.08. The largest absolute Gasteiger partial charge is 0.493 e. The smallest absolute Gasteiger partial charge is 0.189 e. The van der Waals surface area contributed by atoms with E-state index in [1.54, 1.807) is 36.3 Å². The summed E-state index contributed by atoms with van der Waals surface area (Å²) in [5.74, 6) is 1.26. The van der Waals surface area contributed by atoms with Crippen molar-refractivity contribution in [2.75, 3.05) is 13.7 Å². The van der Waals surface area contributed by atoms with Gasteiger partial charge in [-0.2, -0.15) is 5.10 Å². The molecular weight excluding hydrogens is 292 g/mol. The zero-order valence-corrected chi connectivity index (χ0v) is 13.9. The molecule has 0 spiro atoms. The summed E-state index contributed by atoms with van der Waals surface area (Å²) in [4.78, 5) is 12.2. The van der Waals surface area contributed by atoms with Crippen molar-refractivity contribution >= 4 is 11.9 Å². The van der Waals surface area contributed by atoms with Crippen molar-refractivity contribution in [3.05, 3.63) is 47.8 Å². The van der Waals surface area contributed by atoms with E-state index < -0.39 is 0 Å². The van der Waals surface area contributed by atoms with Crippen molar-refractivity contribution in [1.29, 1.82) is 0 Å². The van der Waals surface area contributed by atoms with Crippen LogP contribution in [0.25, 0.3) is 6.08 Å². The highest BCUT2D eigenvalue weighted by molar-refractivity contribution is 6.06. The van der Waals surface area contributed by atoms with Crippen molar-refractivity contribution in [2.45, 2.75) is 26.8 Å². The predicted octanol–water partition coefficient (Wildman–Crippen LogP) is 3.77. The van der Waals surface area contributed by atoms with E-state index in [4.69, 9.17) is 9.47 Å². The fraction of sp³-hybridized carbons (Fsp3) is 0.333. The Morgan fingerprint density at radius 3 is 2.74 bits per heavy atom. The molecule has 0 fully saturated rings. The van der Waals surface area contributed by atoms with Gasteiger partial charge in [0.1, 0.15) is 0 Å². The van der Waals surface area contributed by atoms with Crippen molar-refractivity contribution < 1.29 is 14.3 Å². The molecule has 0 aliphatic heterocycles. The summed E-state index contributed by atoms with van der Waals surface area (Å²) in [6.45, 7) is 6.50. The maximum absolute atomic E-state index is 12.2. The molecule has 0 N–H and O–H groups in total. The standard InChI is InChI=1S/C18H22N2O3/c1-5-23-18-10-14(7-9-17(18)22-4)6-8-16(21)15-11-19-20(12-15)13(2)3/h6-13H,5H2,1-4H3/b8-6+. The van der Waals surface area contributed by atoms with Crippen LogP contribution >= 0.6 is 0 Å².